The summed E-state index contributed by atoms with van der Waals surface area (Å²) in [5.41, 5.74) is 0. The molecule has 5 heteroatoms. The number of allylic oxidation sites excluding steroid dienone is 2. The first kappa shape index (κ1) is 42.1. The van der Waals surface area contributed by atoms with E-state index >= 15 is 0 Å². The highest BCUT2D eigenvalue weighted by Crippen LogP contribution is 2.12. The first-order valence-electron chi connectivity index (χ1n) is 16.6. The molecule has 0 heterocycles. The number of hydrogen-bond donors (Lipinski definition) is 3. The van der Waals surface area contributed by atoms with Gasteiger partial charge in [0.25, 0.3) is 0 Å². The van der Waals surface area contributed by atoms with Gasteiger partial charge in [-0.1, -0.05) is 142 Å². The molecule has 3 N–H and O–H groups in total. The molecule has 0 fully saturated rings. The maximum absolute atomic E-state index is 10.3. The summed E-state index contributed by atoms with van der Waals surface area (Å²) >= 11 is 0. The lowest BCUT2D eigenvalue weighted by Gasteiger charge is -2.01. The maximum Gasteiger partial charge on any atom is 0.303 e. The van der Waals surface area contributed by atoms with Crippen LogP contribution in [0.1, 0.15) is 188 Å². The molecule has 5 nitrogen and oxygen atoms in total. The Labute approximate surface area is 243 Å². The Morgan fingerprint density at radius 3 is 0.923 bits per heavy atom. The van der Waals surface area contributed by atoms with Crippen molar-refractivity contribution in [3.8, 4) is 0 Å². The van der Waals surface area contributed by atoms with Gasteiger partial charge in [0.1, 0.15) is 0 Å². The molecule has 0 unspecified atom stereocenters. The number of unbranched alkanes of at least 4 members (excludes halogenated alkanes) is 21. The van der Waals surface area contributed by atoms with Crippen LogP contribution < -0.4 is 0 Å². The Balaban J connectivity index is -0.000000615. The maximum atomic E-state index is 10.3. The van der Waals surface area contributed by atoms with E-state index in [4.69, 9.17) is 15.3 Å². The fourth-order valence-corrected chi connectivity index (χ4v) is 4.29. The molecule has 0 saturated carbocycles. The lowest BCUT2D eigenvalue weighted by Crippen LogP contribution is -1.93. The van der Waals surface area contributed by atoms with E-state index in [2.05, 4.69) is 26.0 Å². The van der Waals surface area contributed by atoms with Gasteiger partial charge >= 0.3 is 11.9 Å². The number of aliphatic carboxylic acids is 2. The van der Waals surface area contributed by atoms with Crippen molar-refractivity contribution >= 4 is 11.9 Å². The second kappa shape index (κ2) is 41.1. The highest BCUT2D eigenvalue weighted by atomic mass is 16.4. The fourth-order valence-electron chi connectivity index (χ4n) is 4.29. The van der Waals surface area contributed by atoms with Crippen molar-refractivity contribution in [2.45, 2.75) is 188 Å². The van der Waals surface area contributed by atoms with Crippen molar-refractivity contribution in [3.05, 3.63) is 12.2 Å². The molecule has 0 aromatic rings. The Morgan fingerprint density at radius 2 is 0.667 bits per heavy atom. The predicted octanol–water partition coefficient (Wildman–Crippen LogP) is 10.9. The average Bonchev–Trinajstić information content (AvgIpc) is 2.90. The molecule has 0 bridgehead atoms. The van der Waals surface area contributed by atoms with E-state index in [0.717, 1.165) is 25.7 Å². The van der Waals surface area contributed by atoms with Gasteiger partial charge in [-0.05, 0) is 45.4 Å². The highest BCUT2D eigenvalue weighted by Gasteiger charge is 1.97. The van der Waals surface area contributed by atoms with Gasteiger partial charge in [-0.2, -0.15) is 0 Å². The summed E-state index contributed by atoms with van der Waals surface area (Å²) in [7, 11) is 0. The molecule has 0 aliphatic rings. The monoisotopic (exact) mass is 557 g/mol. The topological polar surface area (TPSA) is 94.8 Å². The van der Waals surface area contributed by atoms with Crippen LogP contribution in [0.4, 0.5) is 0 Å². The molecule has 0 aromatic carbocycles. The molecule has 0 aliphatic heterocycles. The van der Waals surface area contributed by atoms with Crippen molar-refractivity contribution in [1.82, 2.24) is 0 Å². The van der Waals surface area contributed by atoms with E-state index in [0.29, 0.717) is 12.8 Å². The van der Waals surface area contributed by atoms with Crippen LogP contribution in [-0.4, -0.2) is 33.9 Å². The quantitative estimate of drug-likeness (QED) is 0.0690. The first-order chi connectivity index (χ1) is 19.0. The summed E-state index contributed by atoms with van der Waals surface area (Å²) in [5, 5.41) is 24.5. The Hall–Kier alpha value is -1.36. The minimum Gasteiger partial charge on any atom is -0.481 e. The van der Waals surface area contributed by atoms with Crippen molar-refractivity contribution in [3.63, 3.8) is 0 Å². The second-order valence-corrected chi connectivity index (χ2v) is 10.7. The zero-order valence-electron chi connectivity index (χ0n) is 26.4. The van der Waals surface area contributed by atoms with Crippen molar-refractivity contribution in [2.24, 2.45) is 0 Å². The standard InChI is InChI=1S/C18H34O2.C14H28O2.C2H6O/c1-2-3-4-5-6-7-8-9-10-11-12-13-14-15-16-17-18(19)20;1-2-3-4-5-6-7-8-9-10-11-12-13-14(15)16;1-2-3/h9-10H,2-8,11-17H2,1H3,(H,19,20);2-13H2,1H3,(H,15,16);3H,2H2,1H3. The van der Waals surface area contributed by atoms with Gasteiger partial charge in [0.2, 0.25) is 0 Å². The highest BCUT2D eigenvalue weighted by molar-refractivity contribution is 5.66. The smallest absolute Gasteiger partial charge is 0.303 e. The van der Waals surface area contributed by atoms with Crippen LogP contribution in [0.15, 0.2) is 12.2 Å². The summed E-state index contributed by atoms with van der Waals surface area (Å²) in [6.45, 7) is 6.44. The summed E-state index contributed by atoms with van der Waals surface area (Å²) in [4.78, 5) is 20.6. The number of carbonyl (C=O) groups is 2. The SMILES string of the molecule is CCCCCCCCC=CCCCCCCCC(=O)O.CCCCCCCCCCCCCC(=O)O.CCO. The number of rotatable bonds is 27. The fraction of sp³-hybridized carbons (Fsp3) is 0.882. The zero-order valence-corrected chi connectivity index (χ0v) is 26.4. The number of carboxylic acid groups (broad SMARTS) is 2. The second-order valence-electron chi connectivity index (χ2n) is 10.7. The Morgan fingerprint density at radius 1 is 0.436 bits per heavy atom. The van der Waals surface area contributed by atoms with E-state index in [1.54, 1.807) is 6.92 Å². The summed E-state index contributed by atoms with van der Waals surface area (Å²) in [6, 6.07) is 0. The third kappa shape index (κ3) is 53.6. The lowest BCUT2D eigenvalue weighted by atomic mass is 10.1. The summed E-state index contributed by atoms with van der Waals surface area (Å²) < 4.78 is 0. The molecule has 0 radical (unpaired) electrons. The third-order valence-electron chi connectivity index (χ3n) is 6.65. The molecular weight excluding hydrogens is 488 g/mol. The first-order valence-corrected chi connectivity index (χ1v) is 16.6. The molecule has 0 aromatic heterocycles. The van der Waals surface area contributed by atoms with Gasteiger partial charge < -0.3 is 15.3 Å². The molecule has 0 atom stereocenters. The van der Waals surface area contributed by atoms with E-state index in [-0.39, 0.29) is 6.61 Å². The largest absolute Gasteiger partial charge is 0.481 e. The van der Waals surface area contributed by atoms with Gasteiger partial charge in [0.05, 0.1) is 0 Å². The van der Waals surface area contributed by atoms with Crippen LogP contribution in [0.25, 0.3) is 0 Å². The lowest BCUT2D eigenvalue weighted by molar-refractivity contribution is -0.138. The van der Waals surface area contributed by atoms with Crippen molar-refractivity contribution in [2.75, 3.05) is 6.61 Å². The van der Waals surface area contributed by atoms with Gasteiger partial charge in [-0.3, -0.25) is 9.59 Å². The van der Waals surface area contributed by atoms with E-state index in [1.165, 1.54) is 128 Å². The van der Waals surface area contributed by atoms with Crippen molar-refractivity contribution < 1.29 is 24.9 Å². The van der Waals surface area contributed by atoms with E-state index in [9.17, 15) is 9.59 Å². The number of carboxylic acids is 2. The predicted molar refractivity (Wildman–Crippen MR) is 169 cm³/mol. The number of aliphatic hydroxyl groups is 1. The normalized spacial score (nSPS) is 10.6. The molecule has 0 aliphatic carbocycles. The van der Waals surface area contributed by atoms with E-state index in [1.807, 2.05) is 0 Å². The molecule has 0 saturated heterocycles. The molecule has 0 rings (SSSR count). The van der Waals surface area contributed by atoms with Crippen LogP contribution in [0, 0.1) is 0 Å². The van der Waals surface area contributed by atoms with Crippen LogP contribution >= 0.6 is 0 Å². The van der Waals surface area contributed by atoms with Gasteiger partial charge in [0, 0.05) is 19.4 Å². The van der Waals surface area contributed by atoms with Gasteiger partial charge in [0.15, 0.2) is 0 Å². The molecule has 0 amide bonds. The Kier molecular flexibility index (Phi) is 44.4. The zero-order chi connectivity index (χ0) is 29.7. The minimum atomic E-state index is -0.664. The van der Waals surface area contributed by atoms with Crippen LogP contribution in [0.2, 0.25) is 0 Å². The minimum absolute atomic E-state index is 0.250. The van der Waals surface area contributed by atoms with Crippen molar-refractivity contribution in [1.29, 1.82) is 0 Å². The number of hydrogen-bond acceptors (Lipinski definition) is 3. The van der Waals surface area contributed by atoms with E-state index < -0.39 is 11.9 Å². The van der Waals surface area contributed by atoms with Gasteiger partial charge in [-0.25, -0.2) is 0 Å². The Bertz CT molecular complexity index is 490. The van der Waals surface area contributed by atoms with Gasteiger partial charge in [-0.15, -0.1) is 0 Å². The van der Waals surface area contributed by atoms with Crippen LogP contribution in [0.5, 0.6) is 0 Å². The molecule has 234 valence electrons. The summed E-state index contributed by atoms with van der Waals surface area (Å²) in [5.74, 6) is -1.32. The summed E-state index contributed by atoms with van der Waals surface area (Å²) in [6.07, 6.45) is 35.6. The number of aliphatic hydroxyl groups excluding tert-OH is 1. The van der Waals surface area contributed by atoms with Crippen LogP contribution in [0.3, 0.4) is 0 Å². The molecule has 0 spiro atoms. The van der Waals surface area contributed by atoms with Crippen LogP contribution in [-0.2, 0) is 9.59 Å². The molecular formula is C34H68O5. The third-order valence-corrected chi connectivity index (χ3v) is 6.65. The average molecular weight is 557 g/mol. The molecule has 39 heavy (non-hydrogen) atoms.